The Bertz CT molecular complexity index is 1250. The summed E-state index contributed by atoms with van der Waals surface area (Å²) >= 11 is 1.26. The molecule has 4 aromatic rings. The molecule has 0 aliphatic rings. The van der Waals surface area contributed by atoms with Crippen LogP contribution < -0.4 is 10.1 Å². The standard InChI is InChI=1S/C27H26N4O4S/c1-3-21-28-22(4-2)30-26(29-21)35-23(25(33)34)27(18-12-7-5-8-13-18,19-14-9-6-10-15-19)31-24(32)20-16-11-17-36-20/h5-17,23H,3-4H2,1-2H3,(H,31,32)(H,33,34). The van der Waals surface area contributed by atoms with E-state index < -0.39 is 23.5 Å². The summed E-state index contributed by atoms with van der Waals surface area (Å²) in [4.78, 5) is 39.9. The van der Waals surface area contributed by atoms with Crippen LogP contribution in [-0.4, -0.2) is 38.0 Å². The number of carbonyl (C=O) groups is 2. The van der Waals surface area contributed by atoms with Gasteiger partial charge in [-0.05, 0) is 22.6 Å². The van der Waals surface area contributed by atoms with Crippen molar-refractivity contribution in [3.8, 4) is 6.01 Å². The highest BCUT2D eigenvalue weighted by Crippen LogP contribution is 2.36. The van der Waals surface area contributed by atoms with Gasteiger partial charge in [0.25, 0.3) is 5.91 Å². The lowest BCUT2D eigenvalue weighted by molar-refractivity contribution is -0.148. The van der Waals surface area contributed by atoms with Gasteiger partial charge in [0.05, 0.1) is 4.88 Å². The number of aryl methyl sites for hydroxylation is 2. The maximum Gasteiger partial charge on any atom is 0.348 e. The van der Waals surface area contributed by atoms with Gasteiger partial charge < -0.3 is 15.2 Å². The smallest absolute Gasteiger partial charge is 0.348 e. The van der Waals surface area contributed by atoms with Crippen LogP contribution in [0.2, 0.25) is 0 Å². The molecule has 1 unspecified atom stereocenters. The number of ether oxygens (including phenoxy) is 1. The quantitative estimate of drug-likeness (QED) is 0.333. The highest BCUT2D eigenvalue weighted by atomic mass is 32.1. The molecule has 0 aliphatic carbocycles. The second kappa shape index (κ2) is 11.1. The van der Waals surface area contributed by atoms with Crippen LogP contribution in [0.3, 0.4) is 0 Å². The number of rotatable bonds is 10. The van der Waals surface area contributed by atoms with Crippen molar-refractivity contribution in [2.45, 2.75) is 38.3 Å². The molecule has 2 heterocycles. The van der Waals surface area contributed by atoms with Crippen LogP contribution in [0, 0.1) is 0 Å². The largest absolute Gasteiger partial charge is 0.478 e. The first-order chi connectivity index (χ1) is 17.5. The molecule has 0 saturated carbocycles. The minimum atomic E-state index is -1.61. The summed E-state index contributed by atoms with van der Waals surface area (Å²) in [6.07, 6.45) is -0.550. The van der Waals surface area contributed by atoms with Crippen LogP contribution in [0.4, 0.5) is 0 Å². The summed E-state index contributed by atoms with van der Waals surface area (Å²) in [5, 5.41) is 15.4. The van der Waals surface area contributed by atoms with Crippen molar-refractivity contribution in [1.29, 1.82) is 0 Å². The summed E-state index contributed by atoms with van der Waals surface area (Å²) < 4.78 is 6.08. The first kappa shape index (κ1) is 25.0. The molecule has 9 heteroatoms. The van der Waals surface area contributed by atoms with Crippen molar-refractivity contribution in [2.75, 3.05) is 0 Å². The van der Waals surface area contributed by atoms with Gasteiger partial charge in [0.1, 0.15) is 17.2 Å². The fourth-order valence-electron chi connectivity index (χ4n) is 3.97. The lowest BCUT2D eigenvalue weighted by Gasteiger charge is -2.39. The molecule has 0 saturated heterocycles. The lowest BCUT2D eigenvalue weighted by atomic mass is 9.77. The Kier molecular flexibility index (Phi) is 7.70. The molecule has 0 spiro atoms. The molecule has 2 aromatic heterocycles. The molecule has 0 radical (unpaired) electrons. The number of carboxylic acid groups (broad SMARTS) is 1. The van der Waals surface area contributed by atoms with E-state index in [-0.39, 0.29) is 6.01 Å². The molecule has 184 valence electrons. The summed E-state index contributed by atoms with van der Waals surface area (Å²) in [5.74, 6) is -0.723. The number of benzene rings is 2. The molecule has 0 fully saturated rings. The normalized spacial score (nSPS) is 12.1. The van der Waals surface area contributed by atoms with Gasteiger partial charge in [0.15, 0.2) is 0 Å². The SMILES string of the molecule is CCc1nc(CC)nc(OC(C(=O)O)C(NC(=O)c2cccs2)(c2ccccc2)c2ccccc2)n1. The number of hydrogen-bond donors (Lipinski definition) is 2. The Morgan fingerprint density at radius 3 is 1.89 bits per heavy atom. The topological polar surface area (TPSA) is 114 Å². The molecule has 8 nitrogen and oxygen atoms in total. The highest BCUT2D eigenvalue weighted by molar-refractivity contribution is 7.12. The number of thiophene rings is 1. The zero-order valence-corrected chi connectivity index (χ0v) is 20.7. The molecule has 1 amide bonds. The summed E-state index contributed by atoms with van der Waals surface area (Å²) in [6, 6.07) is 21.2. The monoisotopic (exact) mass is 502 g/mol. The predicted molar refractivity (Wildman–Crippen MR) is 136 cm³/mol. The highest BCUT2D eigenvalue weighted by Gasteiger charge is 2.50. The fourth-order valence-corrected chi connectivity index (χ4v) is 4.59. The Morgan fingerprint density at radius 2 is 1.44 bits per heavy atom. The number of aliphatic carboxylic acids is 1. The first-order valence-electron chi connectivity index (χ1n) is 11.6. The molecule has 1 atom stereocenters. The number of carbonyl (C=O) groups excluding carboxylic acids is 1. The third-order valence-corrected chi connectivity index (χ3v) is 6.56. The Balaban J connectivity index is 1.94. The molecule has 0 bridgehead atoms. The van der Waals surface area contributed by atoms with Gasteiger partial charge in [0, 0.05) is 12.8 Å². The molecule has 2 aromatic carbocycles. The molecular weight excluding hydrogens is 476 g/mol. The number of carboxylic acids is 1. The number of nitrogens with zero attached hydrogens (tertiary/aromatic N) is 3. The zero-order valence-electron chi connectivity index (χ0n) is 19.9. The second-order valence-corrected chi connectivity index (χ2v) is 8.91. The van der Waals surface area contributed by atoms with Gasteiger partial charge in [-0.2, -0.15) is 9.97 Å². The maximum atomic E-state index is 13.5. The average Bonchev–Trinajstić information content (AvgIpc) is 3.46. The van der Waals surface area contributed by atoms with Crippen LogP contribution in [0.1, 0.15) is 46.3 Å². The van der Waals surface area contributed by atoms with Gasteiger partial charge in [0.2, 0.25) is 6.10 Å². The number of nitrogens with one attached hydrogen (secondary N) is 1. The third kappa shape index (κ3) is 5.11. The minimum absolute atomic E-state index is 0.104. The summed E-state index contributed by atoms with van der Waals surface area (Å²) in [6.45, 7) is 3.79. The van der Waals surface area contributed by atoms with E-state index >= 15 is 0 Å². The maximum absolute atomic E-state index is 13.5. The van der Waals surface area contributed by atoms with Crippen molar-refractivity contribution in [1.82, 2.24) is 20.3 Å². The van der Waals surface area contributed by atoms with E-state index in [0.29, 0.717) is 40.5 Å². The summed E-state index contributed by atoms with van der Waals surface area (Å²) in [7, 11) is 0. The van der Waals surface area contributed by atoms with Gasteiger partial charge in [-0.25, -0.2) is 9.78 Å². The molecule has 4 rings (SSSR count). The number of hydrogen-bond acceptors (Lipinski definition) is 7. The van der Waals surface area contributed by atoms with E-state index in [0.717, 1.165) is 0 Å². The first-order valence-corrected chi connectivity index (χ1v) is 12.5. The van der Waals surface area contributed by atoms with Crippen molar-refractivity contribution in [2.24, 2.45) is 0 Å². The second-order valence-electron chi connectivity index (χ2n) is 7.97. The van der Waals surface area contributed by atoms with Crippen molar-refractivity contribution >= 4 is 23.2 Å². The number of aromatic nitrogens is 3. The lowest BCUT2D eigenvalue weighted by Crippen LogP contribution is -2.59. The molecular formula is C27H26N4O4S. The molecule has 0 aliphatic heterocycles. The van der Waals surface area contributed by atoms with Crippen molar-refractivity contribution < 1.29 is 19.4 Å². The van der Waals surface area contributed by atoms with E-state index in [9.17, 15) is 14.7 Å². The Hall–Kier alpha value is -4.11. The van der Waals surface area contributed by atoms with Gasteiger partial charge in [-0.3, -0.25) is 4.79 Å². The Morgan fingerprint density at radius 1 is 0.889 bits per heavy atom. The van der Waals surface area contributed by atoms with Crippen LogP contribution in [0.15, 0.2) is 78.2 Å². The van der Waals surface area contributed by atoms with Gasteiger partial charge in [-0.15, -0.1) is 11.3 Å². The van der Waals surface area contributed by atoms with Crippen LogP contribution >= 0.6 is 11.3 Å². The fraction of sp³-hybridized carbons (Fsp3) is 0.222. The number of amides is 1. The van der Waals surface area contributed by atoms with Crippen molar-refractivity contribution in [3.05, 3.63) is 106 Å². The van der Waals surface area contributed by atoms with E-state index in [1.807, 2.05) is 26.0 Å². The molecule has 36 heavy (non-hydrogen) atoms. The van der Waals surface area contributed by atoms with Gasteiger partial charge >= 0.3 is 12.0 Å². The van der Waals surface area contributed by atoms with Crippen molar-refractivity contribution in [3.63, 3.8) is 0 Å². The predicted octanol–water partition coefficient (Wildman–Crippen LogP) is 4.26. The minimum Gasteiger partial charge on any atom is -0.478 e. The third-order valence-electron chi connectivity index (χ3n) is 5.69. The summed E-state index contributed by atoms with van der Waals surface area (Å²) in [5.41, 5.74) is -0.538. The average molecular weight is 503 g/mol. The van der Waals surface area contributed by atoms with Crippen LogP contribution in [0.5, 0.6) is 6.01 Å². The van der Waals surface area contributed by atoms with E-state index in [4.69, 9.17) is 4.74 Å². The van der Waals surface area contributed by atoms with Crippen LogP contribution in [-0.2, 0) is 23.2 Å². The van der Waals surface area contributed by atoms with E-state index in [1.165, 1.54) is 11.3 Å². The van der Waals surface area contributed by atoms with E-state index in [2.05, 4.69) is 20.3 Å². The van der Waals surface area contributed by atoms with Crippen LogP contribution in [0.25, 0.3) is 0 Å². The van der Waals surface area contributed by atoms with Gasteiger partial charge in [-0.1, -0.05) is 80.6 Å². The zero-order chi connectivity index (χ0) is 25.5. The van der Waals surface area contributed by atoms with E-state index in [1.54, 1.807) is 66.0 Å². The Labute approximate surface area is 213 Å². The molecule has 2 N–H and O–H groups in total.